The fourth-order valence-corrected chi connectivity index (χ4v) is 3.80. The first kappa shape index (κ1) is 18.9. The van der Waals surface area contributed by atoms with Crippen molar-refractivity contribution in [2.75, 3.05) is 17.2 Å². The van der Waals surface area contributed by atoms with Crippen molar-refractivity contribution in [3.63, 3.8) is 0 Å². The quantitative estimate of drug-likeness (QED) is 0.767. The Bertz CT molecular complexity index is 906. The Morgan fingerprint density at radius 1 is 1.30 bits per heavy atom. The van der Waals surface area contributed by atoms with Gasteiger partial charge >= 0.3 is 5.97 Å². The molecule has 2 heterocycles. The molecule has 8 heteroatoms. The predicted molar refractivity (Wildman–Crippen MR) is 102 cm³/mol. The molecule has 142 valence electrons. The van der Waals surface area contributed by atoms with Crippen LogP contribution < -0.4 is 15.4 Å². The number of hydrogen-bond donors (Lipinski definition) is 2. The number of benzene rings is 1. The zero-order valence-electron chi connectivity index (χ0n) is 15.3. The number of esters is 1. The number of carbonyl (C=O) groups excluding carboxylic acids is 3. The lowest BCUT2D eigenvalue weighted by Crippen LogP contribution is -2.39. The number of rotatable bonds is 5. The second-order valence-corrected chi connectivity index (χ2v) is 7.28. The number of hydrogen-bond acceptors (Lipinski definition) is 6. The maximum Gasteiger partial charge on any atom is 0.341 e. The topological polar surface area (TPSA) is 93.7 Å². The van der Waals surface area contributed by atoms with Gasteiger partial charge < -0.3 is 20.1 Å². The Morgan fingerprint density at radius 3 is 2.78 bits per heavy atom. The van der Waals surface area contributed by atoms with Gasteiger partial charge in [0.15, 0.2) is 6.10 Å². The first-order chi connectivity index (χ1) is 12.9. The van der Waals surface area contributed by atoms with Gasteiger partial charge in [-0.15, -0.1) is 11.3 Å². The monoisotopic (exact) mass is 388 g/mol. The third-order valence-electron chi connectivity index (χ3n) is 4.20. The van der Waals surface area contributed by atoms with Crippen LogP contribution in [0.1, 0.15) is 34.1 Å². The van der Waals surface area contributed by atoms with E-state index in [0.29, 0.717) is 22.0 Å². The molecule has 0 radical (unpaired) electrons. The van der Waals surface area contributed by atoms with Crippen LogP contribution in [0.2, 0.25) is 0 Å². The summed E-state index contributed by atoms with van der Waals surface area (Å²) >= 11 is 1.30. The van der Waals surface area contributed by atoms with Gasteiger partial charge in [0.1, 0.15) is 10.8 Å². The van der Waals surface area contributed by atoms with Crippen LogP contribution in [0.5, 0.6) is 5.75 Å². The molecule has 0 saturated carbocycles. The SMILES string of the molecule is CCOC(=O)c1c(NC(=O)CC2Oc3ccccc3NC2=O)sc(C)c1C. The summed E-state index contributed by atoms with van der Waals surface area (Å²) in [5, 5.41) is 5.87. The molecule has 1 unspecified atom stereocenters. The average Bonchev–Trinajstić information content (AvgIpc) is 2.89. The standard InChI is InChI=1S/C19H20N2O5S/c1-4-25-19(24)16-10(2)11(3)27-18(16)21-15(22)9-14-17(23)20-12-7-5-6-8-13(12)26-14/h5-8,14H,4,9H2,1-3H3,(H,20,23)(H,21,22). The van der Waals surface area contributed by atoms with Crippen molar-refractivity contribution in [1.29, 1.82) is 0 Å². The lowest BCUT2D eigenvalue weighted by Gasteiger charge is -2.25. The van der Waals surface area contributed by atoms with E-state index in [0.717, 1.165) is 10.4 Å². The van der Waals surface area contributed by atoms with E-state index < -0.39 is 18.0 Å². The second-order valence-electron chi connectivity index (χ2n) is 6.05. The fourth-order valence-electron chi connectivity index (χ4n) is 2.74. The van der Waals surface area contributed by atoms with E-state index in [1.807, 2.05) is 13.8 Å². The number of para-hydroxylation sites is 2. The molecule has 7 nitrogen and oxygen atoms in total. The van der Waals surface area contributed by atoms with Gasteiger partial charge in [0, 0.05) is 4.88 Å². The maximum absolute atomic E-state index is 12.5. The molecule has 0 bridgehead atoms. The van der Waals surface area contributed by atoms with Crippen LogP contribution in [0.25, 0.3) is 0 Å². The molecule has 1 aliphatic heterocycles. The summed E-state index contributed by atoms with van der Waals surface area (Å²) in [4.78, 5) is 37.8. The third-order valence-corrected chi connectivity index (χ3v) is 5.32. The van der Waals surface area contributed by atoms with Gasteiger partial charge in [-0.2, -0.15) is 0 Å². The molecule has 1 aromatic heterocycles. The van der Waals surface area contributed by atoms with Crippen LogP contribution in [-0.4, -0.2) is 30.5 Å². The highest BCUT2D eigenvalue weighted by Gasteiger charge is 2.30. The summed E-state index contributed by atoms with van der Waals surface area (Å²) in [5.41, 5.74) is 1.70. The van der Waals surface area contributed by atoms with Gasteiger partial charge in [-0.3, -0.25) is 9.59 Å². The van der Waals surface area contributed by atoms with Gasteiger partial charge in [0.2, 0.25) is 5.91 Å². The Balaban J connectivity index is 1.73. The fraction of sp³-hybridized carbons (Fsp3) is 0.316. The Hall–Kier alpha value is -2.87. The molecular weight excluding hydrogens is 368 g/mol. The number of anilines is 2. The zero-order chi connectivity index (χ0) is 19.6. The number of fused-ring (bicyclic) bond motifs is 1. The van der Waals surface area contributed by atoms with Gasteiger partial charge in [0.25, 0.3) is 5.91 Å². The minimum absolute atomic E-state index is 0.168. The number of carbonyl (C=O) groups is 3. The van der Waals surface area contributed by atoms with Gasteiger partial charge in [-0.05, 0) is 38.5 Å². The summed E-state index contributed by atoms with van der Waals surface area (Å²) in [6.45, 7) is 5.65. The molecule has 1 aromatic carbocycles. The van der Waals surface area contributed by atoms with Crippen LogP contribution in [0.3, 0.4) is 0 Å². The van der Waals surface area contributed by atoms with E-state index in [1.165, 1.54) is 11.3 Å². The van der Waals surface area contributed by atoms with E-state index in [9.17, 15) is 14.4 Å². The number of nitrogens with one attached hydrogen (secondary N) is 2. The zero-order valence-corrected chi connectivity index (χ0v) is 16.1. The minimum Gasteiger partial charge on any atom is -0.478 e. The van der Waals surface area contributed by atoms with Crippen LogP contribution in [0, 0.1) is 13.8 Å². The molecule has 1 atom stereocenters. The maximum atomic E-state index is 12.5. The highest BCUT2D eigenvalue weighted by Crippen LogP contribution is 2.34. The van der Waals surface area contributed by atoms with Crippen molar-refractivity contribution in [2.45, 2.75) is 33.3 Å². The van der Waals surface area contributed by atoms with Crippen molar-refractivity contribution in [1.82, 2.24) is 0 Å². The molecule has 0 aliphatic carbocycles. The van der Waals surface area contributed by atoms with Gasteiger partial charge in [-0.1, -0.05) is 12.1 Å². The molecule has 2 aromatic rings. The number of thiophene rings is 1. The Kier molecular flexibility index (Phi) is 5.46. The van der Waals surface area contributed by atoms with Crippen LogP contribution in [0.15, 0.2) is 24.3 Å². The molecule has 2 N–H and O–H groups in total. The summed E-state index contributed by atoms with van der Waals surface area (Å²) in [6.07, 6.45) is -1.11. The van der Waals surface area contributed by atoms with E-state index in [2.05, 4.69) is 10.6 Å². The summed E-state index contributed by atoms with van der Waals surface area (Å²) in [6, 6.07) is 7.03. The third kappa shape index (κ3) is 3.95. The van der Waals surface area contributed by atoms with Crippen molar-refractivity contribution < 1.29 is 23.9 Å². The Labute approximate surface area is 160 Å². The smallest absolute Gasteiger partial charge is 0.341 e. The number of aryl methyl sites for hydroxylation is 1. The molecule has 1 aliphatic rings. The molecule has 27 heavy (non-hydrogen) atoms. The second kappa shape index (κ2) is 7.79. The lowest BCUT2D eigenvalue weighted by atomic mass is 10.1. The van der Waals surface area contributed by atoms with Crippen molar-refractivity contribution in [3.05, 3.63) is 40.3 Å². The van der Waals surface area contributed by atoms with Gasteiger partial charge in [-0.25, -0.2) is 4.79 Å². The van der Waals surface area contributed by atoms with Gasteiger partial charge in [0.05, 0.1) is 24.3 Å². The van der Waals surface area contributed by atoms with Crippen LogP contribution in [-0.2, 0) is 14.3 Å². The lowest BCUT2D eigenvalue weighted by molar-refractivity contribution is -0.128. The molecule has 0 saturated heterocycles. The van der Waals surface area contributed by atoms with Crippen LogP contribution in [0.4, 0.5) is 10.7 Å². The van der Waals surface area contributed by atoms with E-state index in [4.69, 9.17) is 9.47 Å². The first-order valence-corrected chi connectivity index (χ1v) is 9.35. The highest BCUT2D eigenvalue weighted by molar-refractivity contribution is 7.16. The summed E-state index contributed by atoms with van der Waals surface area (Å²) < 4.78 is 10.7. The van der Waals surface area contributed by atoms with E-state index >= 15 is 0 Å². The van der Waals surface area contributed by atoms with Crippen LogP contribution >= 0.6 is 11.3 Å². The van der Waals surface area contributed by atoms with Crippen molar-refractivity contribution in [3.8, 4) is 5.75 Å². The average molecular weight is 388 g/mol. The minimum atomic E-state index is -0.937. The number of ether oxygens (including phenoxy) is 2. The first-order valence-electron chi connectivity index (χ1n) is 8.54. The molecule has 2 amide bonds. The molecule has 0 spiro atoms. The normalized spacial score (nSPS) is 15.4. The summed E-state index contributed by atoms with van der Waals surface area (Å²) in [7, 11) is 0. The Morgan fingerprint density at radius 2 is 2.04 bits per heavy atom. The highest BCUT2D eigenvalue weighted by atomic mass is 32.1. The summed E-state index contributed by atoms with van der Waals surface area (Å²) in [5.74, 6) is -0.755. The van der Waals surface area contributed by atoms with Crippen molar-refractivity contribution >= 4 is 39.8 Å². The number of amides is 2. The van der Waals surface area contributed by atoms with E-state index in [1.54, 1.807) is 31.2 Å². The van der Waals surface area contributed by atoms with Crippen molar-refractivity contribution in [2.24, 2.45) is 0 Å². The molecule has 0 fully saturated rings. The predicted octanol–water partition coefficient (Wildman–Crippen LogP) is 3.27. The van der Waals surface area contributed by atoms with E-state index in [-0.39, 0.29) is 18.9 Å². The molecular formula is C19H20N2O5S. The largest absolute Gasteiger partial charge is 0.478 e. The molecule has 3 rings (SSSR count).